The zero-order chi connectivity index (χ0) is 19.2. The average Bonchev–Trinajstić information content (AvgIpc) is 2.68. The van der Waals surface area contributed by atoms with Crippen molar-refractivity contribution in [1.29, 1.82) is 0 Å². The van der Waals surface area contributed by atoms with Crippen molar-refractivity contribution in [1.82, 2.24) is 9.80 Å². The number of carbonyl (C=O) groups excluding carboxylic acids is 2. The van der Waals surface area contributed by atoms with Crippen molar-refractivity contribution in [2.24, 2.45) is 0 Å². The zero-order valence-corrected chi connectivity index (χ0v) is 15.2. The van der Waals surface area contributed by atoms with E-state index in [9.17, 15) is 14.0 Å². The normalized spacial score (nSPS) is 14.7. The van der Waals surface area contributed by atoms with E-state index in [1.165, 1.54) is 24.3 Å². The molecule has 142 valence electrons. The third kappa shape index (κ3) is 5.27. The summed E-state index contributed by atoms with van der Waals surface area (Å²) in [4.78, 5) is 28.5. The molecule has 6 nitrogen and oxygen atoms in total. The summed E-state index contributed by atoms with van der Waals surface area (Å²) in [6.45, 7) is 2.98. The molecule has 0 saturated carbocycles. The maximum atomic E-state index is 12.8. The first kappa shape index (κ1) is 18.8. The number of rotatable bonds is 5. The summed E-state index contributed by atoms with van der Waals surface area (Å²) in [6, 6.07) is 12.3. The highest BCUT2D eigenvalue weighted by Gasteiger charge is 2.20. The fourth-order valence-corrected chi connectivity index (χ4v) is 2.77. The highest BCUT2D eigenvalue weighted by atomic mass is 19.1. The second-order valence-electron chi connectivity index (χ2n) is 6.46. The Bertz CT molecular complexity index is 785. The Morgan fingerprint density at radius 1 is 1.00 bits per heavy atom. The van der Waals surface area contributed by atoms with Crippen LogP contribution in [0.3, 0.4) is 0 Å². The fraction of sp³-hybridized carbons (Fsp3) is 0.300. The van der Waals surface area contributed by atoms with E-state index in [0.29, 0.717) is 30.1 Å². The second-order valence-corrected chi connectivity index (χ2v) is 6.46. The first-order valence-electron chi connectivity index (χ1n) is 8.77. The van der Waals surface area contributed by atoms with Crippen LogP contribution in [0, 0.1) is 5.82 Å². The largest absolute Gasteiger partial charge is 0.484 e. The number of benzene rings is 2. The molecule has 1 N–H and O–H groups in total. The lowest BCUT2D eigenvalue weighted by Gasteiger charge is -2.32. The number of piperazine rings is 1. The molecule has 0 bridgehead atoms. The van der Waals surface area contributed by atoms with Gasteiger partial charge < -0.3 is 19.9 Å². The van der Waals surface area contributed by atoms with Crippen LogP contribution in [-0.4, -0.2) is 61.4 Å². The summed E-state index contributed by atoms with van der Waals surface area (Å²) in [5, 5.41) is 2.71. The third-order valence-electron chi connectivity index (χ3n) is 4.39. The summed E-state index contributed by atoms with van der Waals surface area (Å²) < 4.78 is 18.1. The topological polar surface area (TPSA) is 61.9 Å². The van der Waals surface area contributed by atoms with Gasteiger partial charge in [-0.25, -0.2) is 4.39 Å². The van der Waals surface area contributed by atoms with E-state index in [4.69, 9.17) is 4.74 Å². The van der Waals surface area contributed by atoms with Gasteiger partial charge in [-0.05, 0) is 55.6 Å². The first-order valence-corrected chi connectivity index (χ1v) is 8.77. The highest BCUT2D eigenvalue weighted by Crippen LogP contribution is 2.14. The van der Waals surface area contributed by atoms with E-state index in [0.717, 1.165) is 13.1 Å². The zero-order valence-electron chi connectivity index (χ0n) is 15.2. The molecule has 0 aromatic heterocycles. The molecule has 1 heterocycles. The van der Waals surface area contributed by atoms with Crippen LogP contribution in [0.25, 0.3) is 0 Å². The minimum Gasteiger partial charge on any atom is -0.484 e. The van der Waals surface area contributed by atoms with Gasteiger partial charge in [-0.3, -0.25) is 9.59 Å². The van der Waals surface area contributed by atoms with Gasteiger partial charge in [-0.1, -0.05) is 0 Å². The monoisotopic (exact) mass is 371 g/mol. The third-order valence-corrected chi connectivity index (χ3v) is 4.39. The molecule has 0 unspecified atom stereocenters. The van der Waals surface area contributed by atoms with Crippen molar-refractivity contribution in [2.75, 3.05) is 45.2 Å². The Kier molecular flexibility index (Phi) is 6.03. The van der Waals surface area contributed by atoms with Gasteiger partial charge in [0, 0.05) is 37.4 Å². The molecule has 27 heavy (non-hydrogen) atoms. The van der Waals surface area contributed by atoms with E-state index in [1.807, 2.05) is 11.9 Å². The van der Waals surface area contributed by atoms with Gasteiger partial charge in [0.2, 0.25) is 0 Å². The summed E-state index contributed by atoms with van der Waals surface area (Å²) >= 11 is 0. The van der Waals surface area contributed by atoms with E-state index in [1.54, 1.807) is 24.3 Å². The number of hydrogen-bond acceptors (Lipinski definition) is 4. The molecule has 0 atom stereocenters. The molecule has 2 amide bonds. The molecule has 7 heteroatoms. The molecule has 1 fully saturated rings. The summed E-state index contributed by atoms with van der Waals surface area (Å²) in [7, 11) is 2.04. The molecule has 1 saturated heterocycles. The van der Waals surface area contributed by atoms with Crippen LogP contribution in [0.5, 0.6) is 5.75 Å². The lowest BCUT2D eigenvalue weighted by Crippen LogP contribution is -2.47. The van der Waals surface area contributed by atoms with Gasteiger partial charge in [-0.2, -0.15) is 0 Å². The van der Waals surface area contributed by atoms with Crippen LogP contribution in [0.1, 0.15) is 10.4 Å². The Labute approximate surface area is 157 Å². The molecule has 0 spiro atoms. The Morgan fingerprint density at radius 2 is 1.63 bits per heavy atom. The number of hydrogen-bond donors (Lipinski definition) is 1. The quantitative estimate of drug-likeness (QED) is 0.876. The molecular formula is C20H22FN3O3. The second kappa shape index (κ2) is 8.64. The number of amides is 2. The molecule has 2 aromatic carbocycles. The lowest BCUT2D eigenvalue weighted by atomic mass is 10.1. The van der Waals surface area contributed by atoms with Crippen molar-refractivity contribution >= 4 is 17.5 Å². The van der Waals surface area contributed by atoms with Crippen molar-refractivity contribution in [2.45, 2.75) is 0 Å². The Morgan fingerprint density at radius 3 is 2.26 bits per heavy atom. The molecule has 0 aliphatic carbocycles. The molecule has 3 rings (SSSR count). The SMILES string of the molecule is CN1CCN(C(=O)c2ccc(NC(=O)COc3ccc(F)cc3)cc2)CC1. The van der Waals surface area contributed by atoms with Crippen LogP contribution >= 0.6 is 0 Å². The van der Waals surface area contributed by atoms with E-state index >= 15 is 0 Å². The van der Waals surface area contributed by atoms with Crippen molar-refractivity contribution in [3.05, 3.63) is 59.9 Å². The minimum absolute atomic E-state index is 0.000574. The van der Waals surface area contributed by atoms with Crippen LogP contribution in [-0.2, 0) is 4.79 Å². The number of anilines is 1. The Hall–Kier alpha value is -2.93. The van der Waals surface area contributed by atoms with Crippen molar-refractivity contribution in [3.63, 3.8) is 0 Å². The van der Waals surface area contributed by atoms with Crippen LogP contribution in [0.15, 0.2) is 48.5 Å². The summed E-state index contributed by atoms with van der Waals surface area (Å²) in [5.74, 6) is -0.282. The predicted octanol–water partition coefficient (Wildman–Crippen LogP) is 2.23. The van der Waals surface area contributed by atoms with Crippen LogP contribution in [0.4, 0.5) is 10.1 Å². The highest BCUT2D eigenvalue weighted by molar-refractivity contribution is 5.96. The van der Waals surface area contributed by atoms with Crippen LogP contribution < -0.4 is 10.1 Å². The number of ether oxygens (including phenoxy) is 1. The molecule has 1 aliphatic heterocycles. The van der Waals surface area contributed by atoms with E-state index in [-0.39, 0.29) is 24.2 Å². The fourth-order valence-electron chi connectivity index (χ4n) is 2.77. The Balaban J connectivity index is 1.50. The summed E-state index contributed by atoms with van der Waals surface area (Å²) in [6.07, 6.45) is 0. The molecule has 2 aromatic rings. The molecule has 1 aliphatic rings. The maximum absolute atomic E-state index is 12.8. The van der Waals surface area contributed by atoms with Gasteiger partial charge in [0.25, 0.3) is 11.8 Å². The molecular weight excluding hydrogens is 349 g/mol. The number of nitrogens with one attached hydrogen (secondary N) is 1. The van der Waals surface area contributed by atoms with Gasteiger partial charge in [0.05, 0.1) is 0 Å². The smallest absolute Gasteiger partial charge is 0.262 e. The van der Waals surface area contributed by atoms with Gasteiger partial charge >= 0.3 is 0 Å². The standard InChI is InChI=1S/C20H22FN3O3/c1-23-10-12-24(13-11-23)20(26)15-2-6-17(7-3-15)22-19(25)14-27-18-8-4-16(21)5-9-18/h2-9H,10-14H2,1H3,(H,22,25). The van der Waals surface area contributed by atoms with Gasteiger partial charge in [0.1, 0.15) is 11.6 Å². The van der Waals surface area contributed by atoms with Crippen molar-refractivity contribution in [3.8, 4) is 5.75 Å². The van der Waals surface area contributed by atoms with Gasteiger partial charge in [-0.15, -0.1) is 0 Å². The predicted molar refractivity (Wildman–Crippen MR) is 100 cm³/mol. The summed E-state index contributed by atoms with van der Waals surface area (Å²) in [5.41, 5.74) is 1.18. The first-order chi connectivity index (χ1) is 13.0. The average molecular weight is 371 g/mol. The van der Waals surface area contributed by atoms with E-state index < -0.39 is 0 Å². The van der Waals surface area contributed by atoms with Gasteiger partial charge in [0.15, 0.2) is 6.61 Å². The van der Waals surface area contributed by atoms with Crippen molar-refractivity contribution < 1.29 is 18.7 Å². The molecule has 0 radical (unpaired) electrons. The lowest BCUT2D eigenvalue weighted by molar-refractivity contribution is -0.118. The maximum Gasteiger partial charge on any atom is 0.262 e. The number of halogens is 1. The minimum atomic E-state index is -0.363. The number of carbonyl (C=O) groups is 2. The number of nitrogens with zero attached hydrogens (tertiary/aromatic N) is 2. The van der Waals surface area contributed by atoms with E-state index in [2.05, 4.69) is 10.2 Å². The van der Waals surface area contributed by atoms with Crippen LogP contribution in [0.2, 0.25) is 0 Å². The number of likely N-dealkylation sites (N-methyl/N-ethyl adjacent to an activating group) is 1.